The summed E-state index contributed by atoms with van der Waals surface area (Å²) < 4.78 is 24.6. The van der Waals surface area contributed by atoms with Crippen molar-refractivity contribution in [1.82, 2.24) is 0 Å². The number of hydrogen-bond acceptors (Lipinski definition) is 3. The molecule has 0 aliphatic carbocycles. The molecule has 0 fully saturated rings. The van der Waals surface area contributed by atoms with E-state index in [9.17, 15) is 4.39 Å². The van der Waals surface area contributed by atoms with Crippen molar-refractivity contribution in [3.05, 3.63) is 57.8 Å². The summed E-state index contributed by atoms with van der Waals surface area (Å²) in [6, 6.07) is 9.64. The quantitative estimate of drug-likeness (QED) is 0.902. The molecule has 0 saturated carbocycles. The van der Waals surface area contributed by atoms with Crippen LogP contribution in [0.1, 0.15) is 11.1 Å². The number of aliphatic hydroxyl groups is 1. The van der Waals surface area contributed by atoms with Gasteiger partial charge in [-0.3, -0.25) is 0 Å². The lowest BCUT2D eigenvalue weighted by Crippen LogP contribution is -1.99. The van der Waals surface area contributed by atoms with Gasteiger partial charge in [-0.2, -0.15) is 0 Å². The third-order valence-corrected chi connectivity index (χ3v) is 3.55. The van der Waals surface area contributed by atoms with E-state index in [-0.39, 0.29) is 19.0 Å². The minimum atomic E-state index is -0.305. The van der Waals surface area contributed by atoms with E-state index in [2.05, 4.69) is 15.9 Å². The van der Waals surface area contributed by atoms with Gasteiger partial charge in [0, 0.05) is 10.0 Å². The maximum Gasteiger partial charge on any atom is 0.162 e. The van der Waals surface area contributed by atoms with Crippen molar-refractivity contribution >= 4 is 15.9 Å². The number of ether oxygens (including phenoxy) is 2. The average molecular weight is 341 g/mol. The second-order valence-corrected chi connectivity index (χ2v) is 5.02. The molecule has 0 aliphatic heterocycles. The second kappa shape index (κ2) is 6.72. The highest BCUT2D eigenvalue weighted by molar-refractivity contribution is 9.10. The van der Waals surface area contributed by atoms with Gasteiger partial charge in [0.25, 0.3) is 0 Å². The Bertz CT molecular complexity index is 602. The van der Waals surface area contributed by atoms with Crippen LogP contribution in [0.5, 0.6) is 11.5 Å². The first-order chi connectivity index (χ1) is 9.63. The molecular formula is C15H14BrFO3. The number of benzene rings is 2. The Hall–Kier alpha value is -1.59. The molecule has 0 amide bonds. The van der Waals surface area contributed by atoms with Crippen molar-refractivity contribution in [2.75, 3.05) is 7.11 Å². The summed E-state index contributed by atoms with van der Waals surface area (Å²) in [4.78, 5) is 0. The van der Waals surface area contributed by atoms with Gasteiger partial charge in [-0.15, -0.1) is 0 Å². The zero-order chi connectivity index (χ0) is 14.5. The smallest absolute Gasteiger partial charge is 0.162 e. The first-order valence-electron chi connectivity index (χ1n) is 5.98. The summed E-state index contributed by atoms with van der Waals surface area (Å²) in [5.41, 5.74) is 1.56. The van der Waals surface area contributed by atoms with Crippen LogP contribution in [0.4, 0.5) is 4.39 Å². The van der Waals surface area contributed by atoms with Crippen LogP contribution in [-0.4, -0.2) is 12.2 Å². The fourth-order valence-electron chi connectivity index (χ4n) is 1.73. The molecule has 5 heteroatoms. The number of halogens is 2. The highest BCUT2D eigenvalue weighted by Gasteiger charge is 2.08. The number of methoxy groups -OCH3 is 1. The summed E-state index contributed by atoms with van der Waals surface area (Å²) in [6.07, 6.45) is 0. The molecule has 2 rings (SSSR count). The normalized spacial score (nSPS) is 10.4. The molecule has 2 aromatic carbocycles. The predicted octanol–water partition coefficient (Wildman–Crippen LogP) is 3.67. The van der Waals surface area contributed by atoms with Gasteiger partial charge >= 0.3 is 0 Å². The van der Waals surface area contributed by atoms with Gasteiger partial charge in [0.05, 0.1) is 13.7 Å². The summed E-state index contributed by atoms with van der Waals surface area (Å²) in [7, 11) is 1.55. The molecule has 0 bridgehead atoms. The van der Waals surface area contributed by atoms with Crippen LogP contribution in [-0.2, 0) is 13.2 Å². The fourth-order valence-corrected chi connectivity index (χ4v) is 2.19. The standard InChI is InChI=1S/C15H14BrFO3/c1-19-14-5-2-10(8-18)6-15(14)20-9-11-3-4-12(17)7-13(11)16/h2-7,18H,8-9H2,1H3. The predicted molar refractivity (Wildman–Crippen MR) is 77.3 cm³/mol. The van der Waals surface area contributed by atoms with Gasteiger partial charge in [-0.05, 0) is 29.8 Å². The van der Waals surface area contributed by atoms with Crippen LogP contribution in [0, 0.1) is 5.82 Å². The summed E-state index contributed by atoms with van der Waals surface area (Å²) in [5, 5.41) is 9.14. The molecule has 0 unspecified atom stereocenters. The van der Waals surface area contributed by atoms with E-state index in [0.29, 0.717) is 16.0 Å². The summed E-state index contributed by atoms with van der Waals surface area (Å²) in [5.74, 6) is 0.816. The fraction of sp³-hybridized carbons (Fsp3) is 0.200. The van der Waals surface area contributed by atoms with Crippen LogP contribution in [0.25, 0.3) is 0 Å². The summed E-state index contributed by atoms with van der Waals surface area (Å²) >= 11 is 3.29. The lowest BCUT2D eigenvalue weighted by molar-refractivity contribution is 0.271. The number of rotatable bonds is 5. The topological polar surface area (TPSA) is 38.7 Å². The zero-order valence-electron chi connectivity index (χ0n) is 10.9. The van der Waals surface area contributed by atoms with Crippen LogP contribution in [0.3, 0.4) is 0 Å². The van der Waals surface area contributed by atoms with Gasteiger partial charge in [0.2, 0.25) is 0 Å². The molecule has 0 heterocycles. The largest absolute Gasteiger partial charge is 0.493 e. The first-order valence-corrected chi connectivity index (χ1v) is 6.78. The Morgan fingerprint density at radius 2 is 1.95 bits per heavy atom. The Balaban J connectivity index is 2.17. The third kappa shape index (κ3) is 3.49. The van der Waals surface area contributed by atoms with E-state index in [1.807, 2.05) is 0 Å². The lowest BCUT2D eigenvalue weighted by atomic mass is 10.2. The molecule has 0 aliphatic rings. The van der Waals surface area contributed by atoms with Crippen molar-refractivity contribution in [3.8, 4) is 11.5 Å². The van der Waals surface area contributed by atoms with Gasteiger partial charge in [-0.1, -0.05) is 28.1 Å². The van der Waals surface area contributed by atoms with Crippen molar-refractivity contribution in [1.29, 1.82) is 0 Å². The van der Waals surface area contributed by atoms with Crippen molar-refractivity contribution in [3.63, 3.8) is 0 Å². The van der Waals surface area contributed by atoms with Gasteiger partial charge in [0.15, 0.2) is 11.5 Å². The lowest BCUT2D eigenvalue weighted by Gasteiger charge is -2.12. The first kappa shape index (κ1) is 14.8. The third-order valence-electron chi connectivity index (χ3n) is 2.81. The Labute approximate surface area is 125 Å². The highest BCUT2D eigenvalue weighted by Crippen LogP contribution is 2.29. The van der Waals surface area contributed by atoms with E-state index in [1.54, 1.807) is 31.4 Å². The van der Waals surface area contributed by atoms with Gasteiger partial charge in [0.1, 0.15) is 12.4 Å². The van der Waals surface area contributed by atoms with E-state index in [0.717, 1.165) is 11.1 Å². The molecule has 20 heavy (non-hydrogen) atoms. The SMILES string of the molecule is COc1ccc(CO)cc1OCc1ccc(F)cc1Br. The molecular weight excluding hydrogens is 327 g/mol. The average Bonchev–Trinajstić information content (AvgIpc) is 2.46. The number of hydrogen-bond donors (Lipinski definition) is 1. The second-order valence-electron chi connectivity index (χ2n) is 4.17. The number of aliphatic hydroxyl groups excluding tert-OH is 1. The Kier molecular flexibility index (Phi) is 4.98. The molecule has 0 aromatic heterocycles. The van der Waals surface area contributed by atoms with Crippen LogP contribution < -0.4 is 9.47 Å². The molecule has 2 aromatic rings. The minimum absolute atomic E-state index is 0.0689. The van der Waals surface area contributed by atoms with Crippen LogP contribution in [0.2, 0.25) is 0 Å². The molecule has 0 saturated heterocycles. The Morgan fingerprint density at radius 1 is 1.15 bits per heavy atom. The Morgan fingerprint density at radius 3 is 2.60 bits per heavy atom. The van der Waals surface area contributed by atoms with Crippen LogP contribution >= 0.6 is 15.9 Å². The molecule has 0 spiro atoms. The molecule has 1 N–H and O–H groups in total. The van der Waals surface area contributed by atoms with Crippen LogP contribution in [0.15, 0.2) is 40.9 Å². The van der Waals surface area contributed by atoms with E-state index < -0.39 is 0 Å². The molecule has 106 valence electrons. The summed E-state index contributed by atoms with van der Waals surface area (Å²) in [6.45, 7) is 0.201. The van der Waals surface area contributed by atoms with Crippen molar-refractivity contribution < 1.29 is 19.0 Å². The van der Waals surface area contributed by atoms with E-state index >= 15 is 0 Å². The van der Waals surface area contributed by atoms with E-state index in [4.69, 9.17) is 14.6 Å². The van der Waals surface area contributed by atoms with Crippen molar-refractivity contribution in [2.45, 2.75) is 13.2 Å². The molecule has 0 radical (unpaired) electrons. The maximum absolute atomic E-state index is 13.0. The van der Waals surface area contributed by atoms with Gasteiger partial charge < -0.3 is 14.6 Å². The highest BCUT2D eigenvalue weighted by atomic mass is 79.9. The molecule has 3 nitrogen and oxygen atoms in total. The minimum Gasteiger partial charge on any atom is -0.493 e. The molecule has 0 atom stereocenters. The van der Waals surface area contributed by atoms with E-state index in [1.165, 1.54) is 12.1 Å². The maximum atomic E-state index is 13.0. The van der Waals surface area contributed by atoms with Crippen molar-refractivity contribution in [2.24, 2.45) is 0 Å². The zero-order valence-corrected chi connectivity index (χ0v) is 12.5. The van der Waals surface area contributed by atoms with Gasteiger partial charge in [-0.25, -0.2) is 4.39 Å². The monoisotopic (exact) mass is 340 g/mol.